The molecule has 1 N–H and O–H groups in total. The van der Waals surface area contributed by atoms with E-state index in [0.717, 1.165) is 17.0 Å². The third-order valence-corrected chi connectivity index (χ3v) is 6.84. The molecule has 2 aromatic carbocycles. The molecular weight excluding hydrogens is 513 g/mol. The van der Waals surface area contributed by atoms with Crippen molar-refractivity contribution in [2.75, 3.05) is 17.1 Å². The standard InChI is InChI=1S/C23H29BrFN3O4S/c1-5-16(2)26-23(30)17(3)27(14-18-9-11-20(25)12-10-18)22(29)15-28(33(4,31)32)21-8-6-7-19(24)13-21/h6-13,16-17H,5,14-15H2,1-4H3,(H,26,30). The van der Waals surface area contributed by atoms with Crippen LogP contribution in [0, 0.1) is 5.82 Å². The summed E-state index contributed by atoms with van der Waals surface area (Å²) >= 11 is 3.31. The van der Waals surface area contributed by atoms with Gasteiger partial charge in [-0.2, -0.15) is 0 Å². The Labute approximate surface area is 203 Å². The third kappa shape index (κ3) is 7.82. The molecule has 0 aliphatic heterocycles. The van der Waals surface area contributed by atoms with E-state index < -0.39 is 34.3 Å². The van der Waals surface area contributed by atoms with Gasteiger partial charge in [0.2, 0.25) is 21.8 Å². The summed E-state index contributed by atoms with van der Waals surface area (Å²) in [5.41, 5.74) is 0.931. The summed E-state index contributed by atoms with van der Waals surface area (Å²) < 4.78 is 40.0. The highest BCUT2D eigenvalue weighted by atomic mass is 79.9. The Bertz CT molecular complexity index is 1080. The van der Waals surface area contributed by atoms with Gasteiger partial charge in [-0.1, -0.05) is 41.1 Å². The molecule has 0 saturated carbocycles. The summed E-state index contributed by atoms with van der Waals surface area (Å²) in [6.45, 7) is 4.90. The van der Waals surface area contributed by atoms with E-state index >= 15 is 0 Å². The van der Waals surface area contributed by atoms with Gasteiger partial charge in [-0.15, -0.1) is 0 Å². The zero-order valence-electron chi connectivity index (χ0n) is 19.1. The smallest absolute Gasteiger partial charge is 0.244 e. The predicted molar refractivity (Wildman–Crippen MR) is 131 cm³/mol. The quantitative estimate of drug-likeness (QED) is 0.497. The van der Waals surface area contributed by atoms with Crippen LogP contribution in [0.5, 0.6) is 0 Å². The molecule has 0 aliphatic carbocycles. The van der Waals surface area contributed by atoms with Crippen LogP contribution in [-0.4, -0.2) is 50.0 Å². The Balaban J connectivity index is 2.37. The highest BCUT2D eigenvalue weighted by Gasteiger charge is 2.30. The van der Waals surface area contributed by atoms with Crippen molar-refractivity contribution in [2.45, 2.75) is 45.8 Å². The lowest BCUT2D eigenvalue weighted by Crippen LogP contribution is -2.52. The number of sulfonamides is 1. The second-order valence-electron chi connectivity index (χ2n) is 7.89. The number of nitrogens with one attached hydrogen (secondary N) is 1. The Morgan fingerprint density at radius 2 is 1.76 bits per heavy atom. The van der Waals surface area contributed by atoms with Gasteiger partial charge in [-0.25, -0.2) is 12.8 Å². The first-order valence-corrected chi connectivity index (χ1v) is 13.1. The van der Waals surface area contributed by atoms with Crippen molar-refractivity contribution in [1.82, 2.24) is 10.2 Å². The van der Waals surface area contributed by atoms with Gasteiger partial charge in [0.15, 0.2) is 0 Å². The summed E-state index contributed by atoms with van der Waals surface area (Å²) in [5, 5.41) is 2.85. The highest BCUT2D eigenvalue weighted by molar-refractivity contribution is 9.10. The molecule has 33 heavy (non-hydrogen) atoms. The minimum absolute atomic E-state index is 0.0181. The first-order valence-electron chi connectivity index (χ1n) is 10.5. The molecule has 0 bridgehead atoms. The van der Waals surface area contributed by atoms with Crippen LogP contribution in [0.4, 0.5) is 10.1 Å². The average molecular weight is 542 g/mol. The molecule has 0 aromatic heterocycles. The molecule has 0 radical (unpaired) electrons. The zero-order chi connectivity index (χ0) is 24.8. The van der Waals surface area contributed by atoms with Crippen LogP contribution in [0.2, 0.25) is 0 Å². The number of halogens is 2. The van der Waals surface area contributed by atoms with E-state index in [1.807, 2.05) is 13.8 Å². The largest absolute Gasteiger partial charge is 0.352 e. The SMILES string of the molecule is CCC(C)NC(=O)C(C)N(Cc1ccc(F)cc1)C(=O)CN(c1cccc(Br)c1)S(C)(=O)=O. The Morgan fingerprint density at radius 3 is 2.30 bits per heavy atom. The van der Waals surface area contributed by atoms with E-state index in [4.69, 9.17) is 0 Å². The Morgan fingerprint density at radius 1 is 1.12 bits per heavy atom. The fourth-order valence-electron chi connectivity index (χ4n) is 3.08. The van der Waals surface area contributed by atoms with Gasteiger partial charge in [0, 0.05) is 17.1 Å². The van der Waals surface area contributed by atoms with Crippen LogP contribution in [0.3, 0.4) is 0 Å². The third-order valence-electron chi connectivity index (χ3n) is 5.21. The maximum atomic E-state index is 13.4. The van der Waals surface area contributed by atoms with Crippen LogP contribution in [0.15, 0.2) is 53.0 Å². The van der Waals surface area contributed by atoms with E-state index in [2.05, 4.69) is 21.2 Å². The summed E-state index contributed by atoms with van der Waals surface area (Å²) in [4.78, 5) is 27.5. The van der Waals surface area contributed by atoms with E-state index in [1.54, 1.807) is 31.2 Å². The first-order chi connectivity index (χ1) is 15.4. The molecule has 2 rings (SSSR count). The molecular formula is C23H29BrFN3O4S. The average Bonchev–Trinajstić information content (AvgIpc) is 2.75. The lowest BCUT2D eigenvalue weighted by atomic mass is 10.1. The number of hydrogen-bond donors (Lipinski definition) is 1. The van der Waals surface area contributed by atoms with Crippen molar-refractivity contribution in [3.8, 4) is 0 Å². The molecule has 0 spiro atoms. The fourth-order valence-corrected chi connectivity index (χ4v) is 4.31. The molecule has 2 atom stereocenters. The van der Waals surface area contributed by atoms with E-state index in [1.165, 1.54) is 29.2 Å². The Kier molecular flexibility index (Phi) is 9.42. The minimum Gasteiger partial charge on any atom is -0.352 e. The van der Waals surface area contributed by atoms with Gasteiger partial charge in [-0.05, 0) is 56.2 Å². The van der Waals surface area contributed by atoms with Crippen molar-refractivity contribution in [2.24, 2.45) is 0 Å². The van der Waals surface area contributed by atoms with E-state index in [9.17, 15) is 22.4 Å². The second kappa shape index (κ2) is 11.6. The molecule has 0 saturated heterocycles. The zero-order valence-corrected chi connectivity index (χ0v) is 21.5. The van der Waals surface area contributed by atoms with Gasteiger partial charge >= 0.3 is 0 Å². The molecule has 0 fully saturated rings. The van der Waals surface area contributed by atoms with Gasteiger partial charge in [0.05, 0.1) is 11.9 Å². The summed E-state index contributed by atoms with van der Waals surface area (Å²) in [7, 11) is -3.80. The molecule has 7 nitrogen and oxygen atoms in total. The van der Waals surface area contributed by atoms with Crippen LogP contribution in [0.1, 0.15) is 32.8 Å². The van der Waals surface area contributed by atoms with Crippen molar-refractivity contribution < 1.29 is 22.4 Å². The van der Waals surface area contributed by atoms with E-state index in [0.29, 0.717) is 15.7 Å². The van der Waals surface area contributed by atoms with Crippen molar-refractivity contribution in [1.29, 1.82) is 0 Å². The van der Waals surface area contributed by atoms with Gasteiger partial charge < -0.3 is 10.2 Å². The fraction of sp³-hybridized carbons (Fsp3) is 0.391. The molecule has 2 unspecified atom stereocenters. The second-order valence-corrected chi connectivity index (χ2v) is 10.7. The number of nitrogens with zero attached hydrogens (tertiary/aromatic N) is 2. The summed E-state index contributed by atoms with van der Waals surface area (Å²) in [5.74, 6) is -1.33. The van der Waals surface area contributed by atoms with E-state index in [-0.39, 0.29) is 18.5 Å². The number of rotatable bonds is 10. The number of benzene rings is 2. The summed E-state index contributed by atoms with van der Waals surface area (Å²) in [6.07, 6.45) is 1.74. The van der Waals surface area contributed by atoms with Crippen molar-refractivity contribution in [3.63, 3.8) is 0 Å². The van der Waals surface area contributed by atoms with Crippen LogP contribution >= 0.6 is 15.9 Å². The molecule has 0 heterocycles. The first kappa shape index (κ1) is 26.8. The summed E-state index contributed by atoms with van der Waals surface area (Å²) in [6, 6.07) is 11.2. The van der Waals surface area contributed by atoms with Gasteiger partial charge in [0.25, 0.3) is 0 Å². The van der Waals surface area contributed by atoms with Crippen LogP contribution < -0.4 is 9.62 Å². The minimum atomic E-state index is -3.80. The number of carbonyl (C=O) groups excluding carboxylic acids is 2. The Hall–Kier alpha value is -2.46. The van der Waals surface area contributed by atoms with Crippen LogP contribution in [0.25, 0.3) is 0 Å². The number of amides is 2. The molecule has 0 aliphatic rings. The molecule has 10 heteroatoms. The lowest BCUT2D eigenvalue weighted by molar-refractivity contribution is -0.139. The number of hydrogen-bond acceptors (Lipinski definition) is 4. The number of anilines is 1. The highest BCUT2D eigenvalue weighted by Crippen LogP contribution is 2.23. The molecule has 2 amide bonds. The normalized spacial score (nSPS) is 13.2. The molecule has 180 valence electrons. The predicted octanol–water partition coefficient (Wildman–Crippen LogP) is 3.69. The maximum absolute atomic E-state index is 13.4. The van der Waals surface area contributed by atoms with Crippen molar-refractivity contribution >= 4 is 43.5 Å². The van der Waals surface area contributed by atoms with Gasteiger partial charge in [-0.3, -0.25) is 13.9 Å². The maximum Gasteiger partial charge on any atom is 0.244 e. The number of carbonyl (C=O) groups is 2. The van der Waals surface area contributed by atoms with Crippen LogP contribution in [-0.2, 0) is 26.2 Å². The monoisotopic (exact) mass is 541 g/mol. The topological polar surface area (TPSA) is 86.8 Å². The van der Waals surface area contributed by atoms with Gasteiger partial charge in [0.1, 0.15) is 18.4 Å². The molecule has 2 aromatic rings. The lowest BCUT2D eigenvalue weighted by Gasteiger charge is -2.32. The van der Waals surface area contributed by atoms with Crippen molar-refractivity contribution in [3.05, 3.63) is 64.4 Å².